The first kappa shape index (κ1) is 63.6. The molecule has 0 radical (unpaired) electrons. The van der Waals surface area contributed by atoms with Crippen molar-refractivity contribution in [2.24, 2.45) is 11.7 Å². The van der Waals surface area contributed by atoms with Gasteiger partial charge in [-0.15, -0.1) is 0 Å². The molecule has 2 aliphatic rings. The molecule has 15 rings (SSSR count). The quantitative estimate of drug-likeness (QED) is 0.0725. The summed E-state index contributed by atoms with van der Waals surface area (Å²) in [5.74, 6) is 0.0893. The first-order valence-electron chi connectivity index (χ1n) is 34.6. The van der Waals surface area contributed by atoms with Gasteiger partial charge in [-0.3, -0.25) is 0 Å². The van der Waals surface area contributed by atoms with Crippen molar-refractivity contribution in [3.05, 3.63) is 429 Å². The van der Waals surface area contributed by atoms with Crippen molar-refractivity contribution < 1.29 is 0 Å². The molecule has 7 heteroatoms. The number of anilines is 15. The Morgan fingerprint density at radius 3 is 0.920 bits per heavy atom. The number of hydrogen-bond acceptors (Lipinski definition) is 7. The van der Waals surface area contributed by atoms with E-state index in [4.69, 9.17) is 5.73 Å². The monoisotopic (exact) mass is 1290 g/mol. The summed E-state index contributed by atoms with van der Waals surface area (Å²) >= 11 is 0. The number of allylic oxidation sites excluding steroid dienone is 3. The molecule has 486 valence electrons. The molecule has 0 heterocycles. The predicted molar refractivity (Wildman–Crippen MR) is 421 cm³/mol. The van der Waals surface area contributed by atoms with Gasteiger partial charge in [0.1, 0.15) is 0 Å². The summed E-state index contributed by atoms with van der Waals surface area (Å²) in [4.78, 5) is 14.3. The van der Waals surface area contributed by atoms with E-state index in [1.54, 1.807) is 0 Å². The molecule has 13 aromatic rings. The summed E-state index contributed by atoms with van der Waals surface area (Å²) in [6.07, 6.45) is 17.5. The Bertz CT molecular complexity index is 4640. The number of benzene rings is 13. The third-order valence-corrected chi connectivity index (χ3v) is 19.2. The van der Waals surface area contributed by atoms with Crippen LogP contribution in [0.5, 0.6) is 0 Å². The fourth-order valence-electron chi connectivity index (χ4n) is 14.3. The third kappa shape index (κ3) is 13.7. The standard InChI is InChI=1S/C93H79N7/c1-71-69-91(99(81-43-25-9-26-44-81)82-45-27-10-28-46-82)67-68-92(71)100(90-65-63-86(64-66-90)97(79-39-21-7-22-40-79)80-41-23-8-24-42-80)89-53-49-74(50-54-89)93(94,70-72-29-11-2-12-30-72)73-47-51-83(52-48-73)98(87-59-55-84(56-60-87)95(75-31-13-3-14-32-75)76-33-15-4-16-34-76)88-61-57-85(58-62-88)96(77-35-17-5-18-36-77)78-37-19-6-20-38-78/h2-41,43-69,71,80,92H,42,70,94H2,1H3/t71?,80?,92?,93-/m1/s1. The molecular weight excluding hydrogens is 1220 g/mol. The lowest BCUT2D eigenvalue weighted by molar-refractivity contribution is 0.535. The lowest BCUT2D eigenvalue weighted by Gasteiger charge is -2.39. The number of hydrogen-bond donors (Lipinski definition) is 1. The fourth-order valence-corrected chi connectivity index (χ4v) is 14.3. The van der Waals surface area contributed by atoms with E-state index >= 15 is 0 Å². The number of nitrogens with two attached hydrogens (primary N) is 1. The highest BCUT2D eigenvalue weighted by molar-refractivity contribution is 5.84. The van der Waals surface area contributed by atoms with Crippen molar-refractivity contribution in [1.82, 2.24) is 0 Å². The van der Waals surface area contributed by atoms with Gasteiger partial charge in [-0.1, -0.05) is 225 Å². The van der Waals surface area contributed by atoms with Gasteiger partial charge in [0.25, 0.3) is 0 Å². The average molecular weight is 1290 g/mol. The summed E-state index contributed by atoms with van der Waals surface area (Å²) in [7, 11) is 0. The molecule has 4 atom stereocenters. The zero-order chi connectivity index (χ0) is 67.5. The minimum absolute atomic E-state index is 0.0429. The Hall–Kier alpha value is -12.4. The summed E-state index contributed by atoms with van der Waals surface area (Å²) in [5.41, 5.74) is 27.6. The normalized spacial score (nSPS) is 15.2. The van der Waals surface area contributed by atoms with Gasteiger partial charge < -0.3 is 35.1 Å². The molecule has 0 bridgehead atoms. The van der Waals surface area contributed by atoms with Gasteiger partial charge in [0, 0.05) is 96.9 Å². The summed E-state index contributed by atoms with van der Waals surface area (Å²) in [5, 5.41) is 0. The molecule has 100 heavy (non-hydrogen) atoms. The van der Waals surface area contributed by atoms with Gasteiger partial charge in [0.2, 0.25) is 0 Å². The number of rotatable bonds is 22. The largest absolute Gasteiger partial charge is 0.334 e. The SMILES string of the molecule is CC1C=C(N(c2ccccc2)c2ccccc2)C=CC1N(c1ccc(N(c2ccccc2)C2C=CC=CC2)cc1)c1ccc([C@@](N)(Cc2ccccc2)c2ccc(N(c3ccc(N(c4ccccc4)c4ccccc4)cc3)c3ccc(N(c4ccccc4)c4ccccc4)cc3)cc2)cc1. The smallest absolute Gasteiger partial charge is 0.0706 e. The Balaban J connectivity index is 0.804. The van der Waals surface area contributed by atoms with Crippen molar-refractivity contribution in [3.63, 3.8) is 0 Å². The van der Waals surface area contributed by atoms with Gasteiger partial charge in [0.05, 0.1) is 17.6 Å². The van der Waals surface area contributed by atoms with E-state index in [1.165, 1.54) is 0 Å². The van der Waals surface area contributed by atoms with Gasteiger partial charge in [-0.25, -0.2) is 0 Å². The van der Waals surface area contributed by atoms with Crippen LogP contribution in [-0.4, -0.2) is 12.1 Å². The summed E-state index contributed by atoms with van der Waals surface area (Å²) in [6.45, 7) is 2.34. The van der Waals surface area contributed by atoms with Gasteiger partial charge in [0.15, 0.2) is 0 Å². The predicted octanol–water partition coefficient (Wildman–Crippen LogP) is 24.0. The molecule has 2 aliphatic carbocycles. The minimum atomic E-state index is -0.937. The molecule has 13 aromatic carbocycles. The van der Waals surface area contributed by atoms with E-state index in [-0.39, 0.29) is 18.0 Å². The molecular formula is C93H79N7. The maximum absolute atomic E-state index is 8.13. The zero-order valence-electron chi connectivity index (χ0n) is 56.1. The van der Waals surface area contributed by atoms with Crippen LogP contribution < -0.4 is 35.1 Å². The molecule has 0 fully saturated rings. The highest BCUT2D eigenvalue weighted by atomic mass is 15.2. The Morgan fingerprint density at radius 2 is 0.580 bits per heavy atom. The van der Waals surface area contributed by atoms with E-state index in [0.717, 1.165) is 114 Å². The van der Waals surface area contributed by atoms with E-state index < -0.39 is 5.54 Å². The highest BCUT2D eigenvalue weighted by Gasteiger charge is 2.33. The Labute approximate surface area is 589 Å². The second-order valence-electron chi connectivity index (χ2n) is 25.6. The lowest BCUT2D eigenvalue weighted by atomic mass is 9.78. The van der Waals surface area contributed by atoms with E-state index in [2.05, 4.69) is 443 Å². The van der Waals surface area contributed by atoms with Gasteiger partial charge in [-0.2, -0.15) is 0 Å². The van der Waals surface area contributed by atoms with Crippen molar-refractivity contribution in [2.45, 2.75) is 37.4 Å². The number of para-hydroxylation sites is 7. The van der Waals surface area contributed by atoms with Crippen molar-refractivity contribution >= 4 is 85.3 Å². The molecule has 0 spiro atoms. The van der Waals surface area contributed by atoms with Crippen LogP contribution in [0.15, 0.2) is 412 Å². The Kier molecular flexibility index (Phi) is 18.8. The molecule has 0 aliphatic heterocycles. The first-order chi connectivity index (χ1) is 49.4. The van der Waals surface area contributed by atoms with Crippen molar-refractivity contribution in [3.8, 4) is 0 Å². The van der Waals surface area contributed by atoms with Crippen LogP contribution in [0.2, 0.25) is 0 Å². The van der Waals surface area contributed by atoms with Gasteiger partial charge >= 0.3 is 0 Å². The molecule has 2 N–H and O–H groups in total. The van der Waals surface area contributed by atoms with Crippen molar-refractivity contribution in [1.29, 1.82) is 0 Å². The maximum Gasteiger partial charge on any atom is 0.0706 e. The zero-order valence-corrected chi connectivity index (χ0v) is 56.1. The molecule has 0 saturated carbocycles. The molecule has 0 aromatic heterocycles. The highest BCUT2D eigenvalue weighted by Crippen LogP contribution is 2.45. The topological polar surface area (TPSA) is 45.5 Å². The van der Waals surface area contributed by atoms with E-state index in [0.29, 0.717) is 6.42 Å². The fraction of sp³-hybridized carbons (Fsp3) is 0.0753. The lowest BCUT2D eigenvalue weighted by Crippen LogP contribution is -2.40. The van der Waals surface area contributed by atoms with Crippen LogP contribution in [0.1, 0.15) is 30.0 Å². The summed E-state index contributed by atoms with van der Waals surface area (Å²) in [6, 6.07) is 130. The van der Waals surface area contributed by atoms with Crippen LogP contribution in [-0.2, 0) is 12.0 Å². The van der Waals surface area contributed by atoms with E-state index in [9.17, 15) is 0 Å². The van der Waals surface area contributed by atoms with Crippen LogP contribution in [0.25, 0.3) is 0 Å². The molecule has 0 saturated heterocycles. The third-order valence-electron chi connectivity index (χ3n) is 19.2. The second kappa shape index (κ2) is 29.5. The first-order valence-corrected chi connectivity index (χ1v) is 34.6. The molecule has 7 nitrogen and oxygen atoms in total. The van der Waals surface area contributed by atoms with Crippen LogP contribution >= 0.6 is 0 Å². The van der Waals surface area contributed by atoms with Crippen LogP contribution in [0.4, 0.5) is 85.3 Å². The van der Waals surface area contributed by atoms with Gasteiger partial charge in [-0.05, 0) is 218 Å². The second-order valence-corrected chi connectivity index (χ2v) is 25.6. The van der Waals surface area contributed by atoms with E-state index in [1.807, 2.05) is 0 Å². The maximum atomic E-state index is 8.13. The Morgan fingerprint density at radius 1 is 0.300 bits per heavy atom. The molecule has 0 amide bonds. The number of nitrogens with zero attached hydrogens (tertiary/aromatic N) is 6. The summed E-state index contributed by atoms with van der Waals surface area (Å²) < 4.78 is 0. The van der Waals surface area contributed by atoms with Crippen molar-refractivity contribution in [2.75, 3.05) is 29.4 Å². The van der Waals surface area contributed by atoms with Crippen LogP contribution in [0, 0.1) is 5.92 Å². The average Bonchev–Trinajstić information content (AvgIpc) is 0.770. The molecule has 3 unspecified atom stereocenters. The minimum Gasteiger partial charge on any atom is -0.334 e. The van der Waals surface area contributed by atoms with Crippen LogP contribution in [0.3, 0.4) is 0 Å².